The highest BCUT2D eigenvalue weighted by Crippen LogP contribution is 2.50. The van der Waals surface area contributed by atoms with Gasteiger partial charge >= 0.3 is 0 Å². The quantitative estimate of drug-likeness (QED) is 0.432. The standard InChI is InChI=1S/C21H14N4OS2/c26-21-14-10-19(12-3-6-22-7-4-12)28-20(14)11-23-25(21)17-9-13(17)15-1-2-18-16(24-15)5-8-27-18/h1-8,10-11,13,17H,9H2/t13-,17-/m1/s1. The minimum absolute atomic E-state index is 0.0156. The molecule has 0 radical (unpaired) electrons. The second-order valence-corrected chi connectivity index (χ2v) is 9.00. The molecule has 1 aliphatic carbocycles. The van der Waals surface area contributed by atoms with Crippen LogP contribution in [0.1, 0.15) is 24.1 Å². The Balaban J connectivity index is 1.37. The minimum Gasteiger partial charge on any atom is -0.267 e. The average molecular weight is 403 g/mol. The van der Waals surface area contributed by atoms with Gasteiger partial charge in [-0.1, -0.05) is 0 Å². The summed E-state index contributed by atoms with van der Waals surface area (Å²) in [7, 11) is 0. The molecule has 0 aliphatic heterocycles. The summed E-state index contributed by atoms with van der Waals surface area (Å²) in [6, 6.07) is 12.2. The lowest BCUT2D eigenvalue weighted by Gasteiger charge is -2.04. The summed E-state index contributed by atoms with van der Waals surface area (Å²) in [6.07, 6.45) is 6.25. The SMILES string of the molecule is O=c1c2cc(-c3ccncc3)sc2cnn1[C@@H]1C[C@@H]1c1ccc2sccc2n1. The van der Waals surface area contributed by atoms with Crippen molar-refractivity contribution in [1.82, 2.24) is 19.7 Å². The van der Waals surface area contributed by atoms with E-state index < -0.39 is 0 Å². The average Bonchev–Trinajstić information content (AvgIpc) is 3.17. The highest BCUT2D eigenvalue weighted by molar-refractivity contribution is 7.22. The van der Waals surface area contributed by atoms with E-state index in [-0.39, 0.29) is 17.5 Å². The van der Waals surface area contributed by atoms with E-state index in [9.17, 15) is 4.79 Å². The minimum atomic E-state index is -0.0156. The van der Waals surface area contributed by atoms with Crippen LogP contribution in [0.25, 0.3) is 30.7 Å². The van der Waals surface area contributed by atoms with Crippen molar-refractivity contribution in [3.63, 3.8) is 0 Å². The summed E-state index contributed by atoms with van der Waals surface area (Å²) in [5.74, 6) is 0.255. The van der Waals surface area contributed by atoms with Gasteiger partial charge in [-0.3, -0.25) is 14.8 Å². The van der Waals surface area contributed by atoms with Crippen LogP contribution in [0.3, 0.4) is 0 Å². The monoisotopic (exact) mass is 402 g/mol. The Morgan fingerprint density at radius 3 is 2.86 bits per heavy atom. The molecule has 1 fully saturated rings. The van der Waals surface area contributed by atoms with Gasteiger partial charge in [-0.05, 0) is 53.8 Å². The van der Waals surface area contributed by atoms with Gasteiger partial charge in [0.1, 0.15) is 0 Å². The Morgan fingerprint density at radius 1 is 1.07 bits per heavy atom. The van der Waals surface area contributed by atoms with Gasteiger partial charge in [-0.15, -0.1) is 22.7 Å². The van der Waals surface area contributed by atoms with Crippen LogP contribution >= 0.6 is 22.7 Å². The lowest BCUT2D eigenvalue weighted by atomic mass is 10.2. The third kappa shape index (κ3) is 2.51. The number of hydrogen-bond donors (Lipinski definition) is 0. The van der Waals surface area contributed by atoms with Crippen molar-refractivity contribution in [3.05, 3.63) is 76.4 Å². The molecule has 2 atom stereocenters. The van der Waals surface area contributed by atoms with Crippen molar-refractivity contribution in [1.29, 1.82) is 0 Å². The third-order valence-corrected chi connectivity index (χ3v) is 7.23. The van der Waals surface area contributed by atoms with Crippen molar-refractivity contribution in [3.8, 4) is 10.4 Å². The van der Waals surface area contributed by atoms with Gasteiger partial charge in [0, 0.05) is 28.9 Å². The molecule has 0 saturated heterocycles. The van der Waals surface area contributed by atoms with Crippen LogP contribution in [0.4, 0.5) is 0 Å². The fraction of sp³-hybridized carbons (Fsp3) is 0.143. The maximum atomic E-state index is 13.1. The second kappa shape index (κ2) is 6.05. The molecule has 0 aromatic carbocycles. The molecule has 0 bridgehead atoms. The van der Waals surface area contributed by atoms with Crippen LogP contribution in [-0.2, 0) is 0 Å². The van der Waals surface area contributed by atoms with Crippen LogP contribution < -0.4 is 5.56 Å². The normalized spacial score (nSPS) is 18.7. The molecule has 5 aromatic heterocycles. The van der Waals surface area contributed by atoms with Crippen molar-refractivity contribution >= 4 is 43.0 Å². The molecule has 1 aliphatic rings. The molecule has 5 aromatic rings. The van der Waals surface area contributed by atoms with Crippen molar-refractivity contribution < 1.29 is 0 Å². The highest BCUT2D eigenvalue weighted by atomic mass is 32.1. The first-order chi connectivity index (χ1) is 13.8. The molecule has 6 rings (SSSR count). The van der Waals surface area contributed by atoms with Gasteiger partial charge in [0.2, 0.25) is 0 Å². The van der Waals surface area contributed by atoms with Gasteiger partial charge in [0.05, 0.1) is 32.5 Å². The first-order valence-corrected chi connectivity index (χ1v) is 10.7. The zero-order chi connectivity index (χ0) is 18.7. The molecule has 0 amide bonds. The van der Waals surface area contributed by atoms with Crippen molar-refractivity contribution in [2.45, 2.75) is 18.4 Å². The first-order valence-electron chi connectivity index (χ1n) is 9.04. The molecule has 1 saturated carbocycles. The summed E-state index contributed by atoms with van der Waals surface area (Å²) >= 11 is 3.29. The van der Waals surface area contributed by atoms with Gasteiger partial charge in [0.25, 0.3) is 5.56 Å². The zero-order valence-electron chi connectivity index (χ0n) is 14.6. The predicted octanol–water partition coefficient (Wildman–Crippen LogP) is 4.86. The Bertz CT molecular complexity index is 1390. The maximum absolute atomic E-state index is 13.1. The van der Waals surface area contributed by atoms with Crippen molar-refractivity contribution in [2.24, 2.45) is 0 Å². The van der Waals surface area contributed by atoms with E-state index in [0.717, 1.165) is 38.2 Å². The summed E-state index contributed by atoms with van der Waals surface area (Å²) < 4.78 is 3.76. The fourth-order valence-corrected chi connectivity index (χ4v) is 5.45. The molecule has 28 heavy (non-hydrogen) atoms. The lowest BCUT2D eigenvalue weighted by molar-refractivity contribution is 0.590. The van der Waals surface area contributed by atoms with Crippen molar-refractivity contribution in [2.75, 3.05) is 0 Å². The van der Waals surface area contributed by atoms with Crippen LogP contribution in [0.5, 0.6) is 0 Å². The zero-order valence-corrected chi connectivity index (χ0v) is 16.3. The van der Waals surface area contributed by atoms with E-state index >= 15 is 0 Å². The predicted molar refractivity (Wildman–Crippen MR) is 113 cm³/mol. The number of thiophene rings is 2. The van der Waals surface area contributed by atoms with Crippen LogP contribution in [0, 0.1) is 0 Å². The summed E-state index contributed by atoms with van der Waals surface area (Å²) in [5.41, 5.74) is 3.13. The fourth-order valence-electron chi connectivity index (χ4n) is 3.70. The Labute approximate surface area is 167 Å². The van der Waals surface area contributed by atoms with E-state index in [1.807, 2.05) is 30.5 Å². The number of rotatable bonds is 3. The van der Waals surface area contributed by atoms with Gasteiger partial charge < -0.3 is 0 Å². The molecule has 136 valence electrons. The second-order valence-electron chi connectivity index (χ2n) is 6.97. The third-order valence-electron chi connectivity index (χ3n) is 5.24. The number of aromatic nitrogens is 4. The molecular weight excluding hydrogens is 388 g/mol. The Kier molecular flexibility index (Phi) is 3.48. The number of pyridine rings is 2. The van der Waals surface area contributed by atoms with Crippen LogP contribution in [-0.4, -0.2) is 19.7 Å². The molecule has 0 unspecified atom stereocenters. The molecule has 5 nitrogen and oxygen atoms in total. The van der Waals surface area contributed by atoms with Gasteiger partial charge in [-0.25, -0.2) is 4.68 Å². The smallest absolute Gasteiger partial charge is 0.267 e. The maximum Gasteiger partial charge on any atom is 0.275 e. The summed E-state index contributed by atoms with van der Waals surface area (Å²) in [4.78, 5) is 23.0. The molecular formula is C21H14N4OS2. The van der Waals surface area contributed by atoms with E-state index in [0.29, 0.717) is 0 Å². The molecule has 0 N–H and O–H groups in total. The van der Waals surface area contributed by atoms with E-state index in [2.05, 4.69) is 27.6 Å². The molecule has 0 spiro atoms. The van der Waals surface area contributed by atoms with Crippen LogP contribution in [0.15, 0.2) is 65.2 Å². The Hall–Kier alpha value is -2.90. The van der Waals surface area contributed by atoms with Crippen LogP contribution in [0.2, 0.25) is 0 Å². The number of nitrogens with zero attached hydrogens (tertiary/aromatic N) is 4. The summed E-state index contributed by atoms with van der Waals surface area (Å²) in [6.45, 7) is 0. The lowest BCUT2D eigenvalue weighted by Crippen LogP contribution is -2.21. The van der Waals surface area contributed by atoms with Gasteiger partial charge in [0.15, 0.2) is 0 Å². The van der Waals surface area contributed by atoms with E-state index in [4.69, 9.17) is 4.98 Å². The van der Waals surface area contributed by atoms with E-state index in [1.165, 1.54) is 4.70 Å². The highest BCUT2D eigenvalue weighted by Gasteiger charge is 2.42. The number of hydrogen-bond acceptors (Lipinski definition) is 6. The topological polar surface area (TPSA) is 60.7 Å². The Morgan fingerprint density at radius 2 is 1.96 bits per heavy atom. The molecule has 5 heterocycles. The summed E-state index contributed by atoms with van der Waals surface area (Å²) in [5, 5.41) is 7.27. The number of fused-ring (bicyclic) bond motifs is 2. The first kappa shape index (κ1) is 16.1. The van der Waals surface area contributed by atoms with Gasteiger partial charge in [-0.2, -0.15) is 5.10 Å². The van der Waals surface area contributed by atoms with E-state index in [1.54, 1.807) is 39.7 Å². The molecule has 7 heteroatoms. The largest absolute Gasteiger partial charge is 0.275 e.